The lowest BCUT2D eigenvalue weighted by molar-refractivity contribution is -0.137. The molecule has 0 aliphatic carbocycles. The molecule has 0 aliphatic rings. The van der Waals surface area contributed by atoms with Gasteiger partial charge in [0, 0.05) is 4.90 Å². The van der Waals surface area contributed by atoms with Crippen LogP contribution in [0.3, 0.4) is 0 Å². The minimum absolute atomic E-state index is 0.247. The van der Waals surface area contributed by atoms with Crippen molar-refractivity contribution in [3.63, 3.8) is 0 Å². The van der Waals surface area contributed by atoms with Crippen molar-refractivity contribution in [1.82, 2.24) is 0 Å². The van der Waals surface area contributed by atoms with Crippen molar-refractivity contribution in [2.24, 2.45) is 5.92 Å². The standard InChI is InChI=1S/C11H13FO3S/c1-7(2)10(11(13)14)16(15)9-5-3-8(12)4-6-9/h3-7,10H,1-2H3,(H,13,14). The molecule has 0 spiro atoms. The van der Waals surface area contributed by atoms with E-state index in [1.165, 1.54) is 24.3 Å². The monoisotopic (exact) mass is 244 g/mol. The van der Waals surface area contributed by atoms with Crippen molar-refractivity contribution in [3.8, 4) is 0 Å². The summed E-state index contributed by atoms with van der Waals surface area (Å²) in [5.41, 5.74) is 0. The van der Waals surface area contributed by atoms with Crippen LogP contribution in [0, 0.1) is 11.7 Å². The first-order valence-corrected chi connectivity index (χ1v) is 6.03. The van der Waals surface area contributed by atoms with Crippen LogP contribution in [0.1, 0.15) is 13.8 Å². The predicted octanol–water partition coefficient (Wildman–Crippen LogP) is 2.04. The molecule has 1 N–H and O–H groups in total. The molecule has 5 heteroatoms. The van der Waals surface area contributed by atoms with Gasteiger partial charge in [-0.3, -0.25) is 9.00 Å². The van der Waals surface area contributed by atoms with E-state index in [4.69, 9.17) is 5.11 Å². The number of aliphatic carboxylic acids is 1. The summed E-state index contributed by atoms with van der Waals surface area (Å²) in [6, 6.07) is 5.05. The average molecular weight is 244 g/mol. The van der Waals surface area contributed by atoms with Crippen LogP contribution in [0.2, 0.25) is 0 Å². The van der Waals surface area contributed by atoms with E-state index in [1.807, 2.05) is 0 Å². The number of halogens is 1. The Labute approximate surface area is 95.8 Å². The van der Waals surface area contributed by atoms with Gasteiger partial charge in [-0.05, 0) is 30.2 Å². The van der Waals surface area contributed by atoms with E-state index in [-0.39, 0.29) is 5.92 Å². The van der Waals surface area contributed by atoms with Gasteiger partial charge >= 0.3 is 5.97 Å². The highest BCUT2D eigenvalue weighted by Crippen LogP contribution is 2.18. The van der Waals surface area contributed by atoms with Gasteiger partial charge in [-0.15, -0.1) is 0 Å². The third kappa shape index (κ3) is 2.88. The van der Waals surface area contributed by atoms with E-state index in [1.54, 1.807) is 13.8 Å². The molecule has 0 aliphatic heterocycles. The molecule has 1 aromatic rings. The van der Waals surface area contributed by atoms with E-state index in [0.29, 0.717) is 4.90 Å². The van der Waals surface area contributed by atoms with E-state index in [9.17, 15) is 13.4 Å². The second-order valence-electron chi connectivity index (χ2n) is 3.75. The van der Waals surface area contributed by atoms with E-state index in [2.05, 4.69) is 0 Å². The molecule has 0 amide bonds. The van der Waals surface area contributed by atoms with Crippen molar-refractivity contribution in [2.75, 3.05) is 0 Å². The smallest absolute Gasteiger partial charge is 0.319 e. The Hall–Kier alpha value is -1.23. The van der Waals surface area contributed by atoms with Gasteiger partial charge in [0.1, 0.15) is 11.1 Å². The van der Waals surface area contributed by atoms with Gasteiger partial charge in [0.2, 0.25) is 0 Å². The molecule has 0 radical (unpaired) electrons. The number of benzene rings is 1. The molecular formula is C11H13FO3S. The third-order valence-corrected chi connectivity index (χ3v) is 4.07. The fourth-order valence-corrected chi connectivity index (χ4v) is 2.71. The second-order valence-corrected chi connectivity index (χ2v) is 5.33. The van der Waals surface area contributed by atoms with Gasteiger partial charge < -0.3 is 5.11 Å². The maximum Gasteiger partial charge on any atom is 0.319 e. The number of hydrogen-bond donors (Lipinski definition) is 1. The highest BCUT2D eigenvalue weighted by molar-refractivity contribution is 7.86. The summed E-state index contributed by atoms with van der Waals surface area (Å²) >= 11 is 0. The van der Waals surface area contributed by atoms with Crippen molar-refractivity contribution >= 4 is 16.8 Å². The minimum Gasteiger partial charge on any atom is -0.480 e. The number of rotatable bonds is 4. The zero-order valence-corrected chi connectivity index (χ0v) is 9.83. The van der Waals surface area contributed by atoms with Gasteiger partial charge in [-0.1, -0.05) is 13.8 Å². The van der Waals surface area contributed by atoms with Crippen LogP contribution < -0.4 is 0 Å². The molecule has 1 aromatic carbocycles. The maximum absolute atomic E-state index is 12.7. The highest BCUT2D eigenvalue weighted by Gasteiger charge is 2.29. The fraction of sp³-hybridized carbons (Fsp3) is 0.364. The molecule has 3 nitrogen and oxygen atoms in total. The number of carboxylic acid groups (broad SMARTS) is 1. The van der Waals surface area contributed by atoms with E-state index < -0.39 is 27.8 Å². The molecule has 2 unspecified atom stereocenters. The summed E-state index contributed by atoms with van der Waals surface area (Å²) in [6.07, 6.45) is 0. The zero-order chi connectivity index (χ0) is 12.3. The Balaban J connectivity index is 2.99. The summed E-state index contributed by atoms with van der Waals surface area (Å²) in [6.45, 7) is 3.39. The SMILES string of the molecule is CC(C)C(C(=O)O)S(=O)c1ccc(F)cc1. The average Bonchev–Trinajstić information content (AvgIpc) is 2.17. The van der Waals surface area contributed by atoms with Gasteiger partial charge in [0.25, 0.3) is 0 Å². The first-order valence-electron chi connectivity index (χ1n) is 4.82. The topological polar surface area (TPSA) is 54.4 Å². The number of carbonyl (C=O) groups is 1. The van der Waals surface area contributed by atoms with Gasteiger partial charge in [-0.25, -0.2) is 4.39 Å². The molecule has 0 heterocycles. The van der Waals surface area contributed by atoms with Crippen LogP contribution in [0.4, 0.5) is 4.39 Å². The largest absolute Gasteiger partial charge is 0.480 e. The Morgan fingerprint density at radius 3 is 2.19 bits per heavy atom. The van der Waals surface area contributed by atoms with Crippen LogP contribution in [0.25, 0.3) is 0 Å². The number of hydrogen-bond acceptors (Lipinski definition) is 2. The van der Waals surface area contributed by atoms with Gasteiger partial charge in [0.05, 0.1) is 10.8 Å². The summed E-state index contributed by atoms with van der Waals surface area (Å²) in [5, 5.41) is 8.00. The summed E-state index contributed by atoms with van der Waals surface area (Å²) in [7, 11) is -1.66. The van der Waals surface area contributed by atoms with Crippen molar-refractivity contribution in [3.05, 3.63) is 30.1 Å². The van der Waals surface area contributed by atoms with E-state index >= 15 is 0 Å². The van der Waals surface area contributed by atoms with Crippen LogP contribution in [0.15, 0.2) is 29.2 Å². The normalized spacial score (nSPS) is 14.8. The third-order valence-electron chi connectivity index (χ3n) is 2.13. The van der Waals surface area contributed by atoms with Crippen molar-refractivity contribution in [2.45, 2.75) is 24.0 Å². The lowest BCUT2D eigenvalue weighted by atomic mass is 10.1. The quantitative estimate of drug-likeness (QED) is 0.881. The van der Waals surface area contributed by atoms with Crippen LogP contribution in [0.5, 0.6) is 0 Å². The Morgan fingerprint density at radius 2 is 1.81 bits per heavy atom. The predicted molar refractivity (Wildman–Crippen MR) is 59.1 cm³/mol. The maximum atomic E-state index is 12.7. The molecule has 16 heavy (non-hydrogen) atoms. The molecule has 0 fully saturated rings. The van der Waals surface area contributed by atoms with Gasteiger partial charge in [-0.2, -0.15) is 0 Å². The molecule has 0 saturated carbocycles. The van der Waals surface area contributed by atoms with E-state index in [0.717, 1.165) is 0 Å². The molecule has 0 aromatic heterocycles. The molecule has 2 atom stereocenters. The van der Waals surface area contributed by atoms with Gasteiger partial charge in [0.15, 0.2) is 0 Å². The highest BCUT2D eigenvalue weighted by atomic mass is 32.2. The first kappa shape index (κ1) is 12.8. The molecule has 0 bridgehead atoms. The van der Waals surface area contributed by atoms with Crippen molar-refractivity contribution in [1.29, 1.82) is 0 Å². The molecular weight excluding hydrogens is 231 g/mol. The van der Waals surface area contributed by atoms with Crippen LogP contribution in [-0.4, -0.2) is 20.5 Å². The summed E-state index contributed by atoms with van der Waals surface area (Å²) in [4.78, 5) is 11.3. The van der Waals surface area contributed by atoms with Crippen LogP contribution in [-0.2, 0) is 15.6 Å². The first-order chi connectivity index (χ1) is 7.43. The minimum atomic E-state index is -1.66. The Kier molecular flexibility index (Phi) is 4.18. The lowest BCUT2D eigenvalue weighted by Crippen LogP contribution is -2.31. The fourth-order valence-electron chi connectivity index (χ4n) is 1.34. The van der Waals surface area contributed by atoms with Crippen LogP contribution >= 0.6 is 0 Å². The summed E-state index contributed by atoms with van der Waals surface area (Å²) < 4.78 is 24.6. The lowest BCUT2D eigenvalue weighted by Gasteiger charge is -2.15. The molecule has 88 valence electrons. The zero-order valence-electron chi connectivity index (χ0n) is 9.01. The Morgan fingerprint density at radius 1 is 1.31 bits per heavy atom. The molecule has 1 rings (SSSR count). The second kappa shape index (κ2) is 5.21. The Bertz CT molecular complexity index is 400. The number of carboxylic acids is 1. The summed E-state index contributed by atoms with van der Waals surface area (Å²) in [5.74, 6) is -1.78. The molecule has 0 saturated heterocycles. The van der Waals surface area contributed by atoms with Crippen molar-refractivity contribution < 1.29 is 18.5 Å².